The van der Waals surface area contributed by atoms with Crippen molar-refractivity contribution in [3.8, 4) is 0 Å². The van der Waals surface area contributed by atoms with E-state index in [9.17, 15) is 0 Å². The number of nitrogens with zero attached hydrogens (tertiary/aromatic N) is 3. The first kappa shape index (κ1) is 18.7. The van der Waals surface area contributed by atoms with Gasteiger partial charge >= 0.3 is 21.7 Å². The molecule has 0 radical (unpaired) electrons. The molecule has 0 atom stereocenters. The molecule has 0 aliphatic carbocycles. The molecule has 4 aromatic rings. The minimum Gasteiger partial charge on any atom is -0.382 e. The first-order chi connectivity index (χ1) is 10.0. The average Bonchev–Trinajstić information content (AvgIpc) is 3.40. The molecule has 0 aliphatic heterocycles. The second-order valence-electron chi connectivity index (χ2n) is 3.07. The smallest absolute Gasteiger partial charge is 0.382 e. The van der Waals surface area contributed by atoms with Gasteiger partial charge in [-0.3, -0.25) is 0 Å². The van der Waals surface area contributed by atoms with Gasteiger partial charge in [-0.2, -0.15) is 36.4 Å². The van der Waals surface area contributed by atoms with Crippen LogP contribution in [0.3, 0.4) is 0 Å². The summed E-state index contributed by atoms with van der Waals surface area (Å²) in [5.74, 6) is 0. The van der Waals surface area contributed by atoms with Crippen LogP contribution < -0.4 is 0 Å². The van der Waals surface area contributed by atoms with Crippen molar-refractivity contribution >= 4 is 0 Å². The number of hydrogen-bond donors (Lipinski definition) is 3. The summed E-state index contributed by atoms with van der Waals surface area (Å²) in [6.07, 6.45) is 12.8. The van der Waals surface area contributed by atoms with Crippen molar-refractivity contribution in [2.45, 2.75) is 0 Å². The predicted molar refractivity (Wildman–Crippen MR) is 74.3 cm³/mol. The molecule has 0 bridgehead atoms. The van der Waals surface area contributed by atoms with E-state index in [4.69, 9.17) is 0 Å². The van der Waals surface area contributed by atoms with Gasteiger partial charge in [-0.05, 0) is 0 Å². The second kappa shape index (κ2) is 15.8. The quantitative estimate of drug-likeness (QED) is 0.343. The SMILES string of the molecule is [Ti+4].[c-]1cc[nH]n1.[c-]1cc[nH]n1.[c-]1cc[nH]n1.c1cc[cH-]c1. The van der Waals surface area contributed by atoms with Gasteiger partial charge in [0.15, 0.2) is 0 Å². The van der Waals surface area contributed by atoms with Gasteiger partial charge in [0.25, 0.3) is 0 Å². The molecule has 0 aliphatic rings. The van der Waals surface area contributed by atoms with Crippen molar-refractivity contribution in [2.75, 3.05) is 0 Å². The fraction of sp³-hybridized carbons (Fsp3) is 0. The molecule has 104 valence electrons. The standard InChI is InChI=1S/C5H5.3C3H3N2.Ti/c4*1-2-4-5-3-1;/h1-5H;3*1-2H,(H,4,5);/q4*-1;+4. The largest absolute Gasteiger partial charge is 4.00 e. The molecular formula is C14H14N6Ti. The Bertz CT molecular complexity index is 354. The molecular weight excluding hydrogens is 300 g/mol. The van der Waals surface area contributed by atoms with Crippen molar-refractivity contribution in [3.63, 3.8) is 0 Å². The van der Waals surface area contributed by atoms with E-state index in [1.807, 2.05) is 30.3 Å². The number of rotatable bonds is 0. The van der Waals surface area contributed by atoms with Crippen LogP contribution in [0.1, 0.15) is 0 Å². The summed E-state index contributed by atoms with van der Waals surface area (Å²) in [6.45, 7) is 0. The van der Waals surface area contributed by atoms with Crippen molar-refractivity contribution in [1.82, 2.24) is 30.6 Å². The second-order valence-corrected chi connectivity index (χ2v) is 3.07. The third-order valence-electron chi connectivity index (χ3n) is 1.64. The van der Waals surface area contributed by atoms with E-state index in [2.05, 4.69) is 49.2 Å². The Hall–Kier alpha value is -2.31. The molecule has 0 saturated carbocycles. The molecule has 0 spiro atoms. The first-order valence-corrected chi connectivity index (χ1v) is 5.74. The van der Waals surface area contributed by atoms with E-state index in [0.29, 0.717) is 0 Å². The van der Waals surface area contributed by atoms with E-state index >= 15 is 0 Å². The first-order valence-electron chi connectivity index (χ1n) is 5.74. The fourth-order valence-electron chi connectivity index (χ4n) is 0.880. The van der Waals surface area contributed by atoms with Crippen LogP contribution in [0.2, 0.25) is 0 Å². The van der Waals surface area contributed by atoms with Crippen LogP contribution in [0.4, 0.5) is 0 Å². The van der Waals surface area contributed by atoms with Gasteiger partial charge in [0, 0.05) is 0 Å². The molecule has 7 heteroatoms. The molecule has 0 amide bonds. The molecule has 4 rings (SSSR count). The molecule has 3 heterocycles. The van der Waals surface area contributed by atoms with Crippen molar-refractivity contribution in [2.24, 2.45) is 0 Å². The maximum atomic E-state index is 3.47. The van der Waals surface area contributed by atoms with Crippen LogP contribution in [0.5, 0.6) is 0 Å². The fourth-order valence-corrected chi connectivity index (χ4v) is 0.880. The van der Waals surface area contributed by atoms with Crippen LogP contribution >= 0.6 is 0 Å². The van der Waals surface area contributed by atoms with Crippen molar-refractivity contribution in [1.29, 1.82) is 0 Å². The maximum absolute atomic E-state index is 3.47. The maximum Gasteiger partial charge on any atom is 4.00 e. The third-order valence-corrected chi connectivity index (χ3v) is 1.64. The Morgan fingerprint density at radius 3 is 1.14 bits per heavy atom. The monoisotopic (exact) mass is 314 g/mol. The van der Waals surface area contributed by atoms with Gasteiger partial charge in [-0.1, -0.05) is 0 Å². The van der Waals surface area contributed by atoms with Crippen LogP contribution in [0, 0.1) is 18.6 Å². The van der Waals surface area contributed by atoms with Gasteiger partial charge in [0.05, 0.1) is 0 Å². The van der Waals surface area contributed by atoms with E-state index < -0.39 is 0 Å². The van der Waals surface area contributed by atoms with Gasteiger partial charge in [-0.15, -0.1) is 37.2 Å². The van der Waals surface area contributed by atoms with Crippen molar-refractivity contribution < 1.29 is 21.7 Å². The van der Waals surface area contributed by atoms with Gasteiger partial charge < -0.3 is 30.6 Å². The Kier molecular flexibility index (Phi) is 14.0. The topological polar surface area (TPSA) is 86.0 Å². The van der Waals surface area contributed by atoms with E-state index in [1.165, 1.54) is 0 Å². The summed E-state index contributed by atoms with van der Waals surface area (Å²) in [4.78, 5) is 0. The molecule has 1 aromatic carbocycles. The van der Waals surface area contributed by atoms with Crippen LogP contribution in [0.25, 0.3) is 0 Å². The number of nitrogens with one attached hydrogen (secondary N) is 3. The van der Waals surface area contributed by atoms with Gasteiger partial charge in [0.2, 0.25) is 0 Å². The van der Waals surface area contributed by atoms with Crippen molar-refractivity contribution in [3.05, 3.63) is 85.7 Å². The summed E-state index contributed by atoms with van der Waals surface area (Å²) in [5, 5.41) is 18.1. The molecule has 3 aromatic heterocycles. The number of H-pyrrole nitrogens is 3. The van der Waals surface area contributed by atoms with Crippen LogP contribution in [-0.2, 0) is 21.7 Å². The number of aromatic amines is 3. The summed E-state index contributed by atoms with van der Waals surface area (Å²) < 4.78 is 0. The Balaban J connectivity index is 0.000000250. The number of aromatic nitrogens is 6. The zero-order chi connectivity index (χ0) is 14.1. The molecule has 3 N–H and O–H groups in total. The third kappa shape index (κ3) is 13.9. The minimum absolute atomic E-state index is 0. The zero-order valence-corrected chi connectivity index (χ0v) is 12.8. The number of hydrogen-bond acceptors (Lipinski definition) is 3. The van der Waals surface area contributed by atoms with E-state index in [1.54, 1.807) is 36.8 Å². The van der Waals surface area contributed by atoms with Crippen LogP contribution in [0.15, 0.2) is 67.1 Å². The molecule has 21 heavy (non-hydrogen) atoms. The van der Waals surface area contributed by atoms with E-state index in [-0.39, 0.29) is 21.7 Å². The van der Waals surface area contributed by atoms with Gasteiger partial charge in [0.1, 0.15) is 0 Å². The Morgan fingerprint density at radius 1 is 0.667 bits per heavy atom. The zero-order valence-electron chi connectivity index (χ0n) is 11.2. The summed E-state index contributed by atoms with van der Waals surface area (Å²) >= 11 is 0. The summed E-state index contributed by atoms with van der Waals surface area (Å²) in [7, 11) is 0. The Morgan fingerprint density at radius 2 is 1.05 bits per heavy atom. The molecule has 6 nitrogen and oxygen atoms in total. The predicted octanol–water partition coefficient (Wildman–Crippen LogP) is 2.03. The van der Waals surface area contributed by atoms with E-state index in [0.717, 1.165) is 0 Å². The molecule has 0 saturated heterocycles. The normalized spacial score (nSPS) is 7.62. The van der Waals surface area contributed by atoms with Crippen LogP contribution in [-0.4, -0.2) is 30.6 Å². The van der Waals surface area contributed by atoms with Gasteiger partial charge in [-0.25, -0.2) is 12.1 Å². The molecule has 0 unspecified atom stereocenters. The summed E-state index contributed by atoms with van der Waals surface area (Å²) in [6, 6.07) is 15.1. The summed E-state index contributed by atoms with van der Waals surface area (Å²) in [5.41, 5.74) is 0. The molecule has 0 fully saturated rings. The average molecular weight is 314 g/mol. The Labute approximate surface area is 138 Å². The minimum atomic E-state index is 0.